The third kappa shape index (κ3) is 4.22. The molecule has 0 fully saturated rings. The molecule has 2 atom stereocenters. The van der Waals surface area contributed by atoms with E-state index in [2.05, 4.69) is 36.0 Å². The van der Waals surface area contributed by atoms with E-state index in [4.69, 9.17) is 4.74 Å². The third-order valence-electron chi connectivity index (χ3n) is 2.11. The molecule has 1 aromatic rings. The van der Waals surface area contributed by atoms with Gasteiger partial charge in [0.15, 0.2) is 0 Å². The van der Waals surface area contributed by atoms with Gasteiger partial charge >= 0.3 is 0 Å². The van der Waals surface area contributed by atoms with E-state index in [1.807, 2.05) is 0 Å². The van der Waals surface area contributed by atoms with E-state index in [1.165, 1.54) is 5.56 Å². The molecule has 0 aliphatic rings. The Balaban J connectivity index is 2.25. The number of rotatable bonds is 6. The molecule has 0 aromatic carbocycles. The average molecular weight is 213 g/mol. The molecule has 80 valence electrons. The van der Waals surface area contributed by atoms with Gasteiger partial charge < -0.3 is 10.1 Å². The molecule has 0 aliphatic heterocycles. The van der Waals surface area contributed by atoms with Gasteiger partial charge in [0.25, 0.3) is 0 Å². The number of hydrogen-bond donors (Lipinski definition) is 1. The first-order valence-corrected chi connectivity index (χ1v) is 5.92. The highest BCUT2D eigenvalue weighted by atomic mass is 32.1. The molecular formula is C11H19NOS. The number of thiophene rings is 1. The van der Waals surface area contributed by atoms with Crippen molar-refractivity contribution in [1.82, 2.24) is 5.32 Å². The molecule has 0 bridgehead atoms. The summed E-state index contributed by atoms with van der Waals surface area (Å²) in [6.07, 6.45) is 1.09. The first kappa shape index (κ1) is 11.7. The number of ether oxygens (including phenoxy) is 1. The van der Waals surface area contributed by atoms with Crippen LogP contribution in [-0.4, -0.2) is 25.8 Å². The first-order chi connectivity index (χ1) is 6.72. The Kier molecular flexibility index (Phi) is 5.15. The summed E-state index contributed by atoms with van der Waals surface area (Å²) in [7, 11) is 1.74. The molecule has 1 N–H and O–H groups in total. The molecule has 0 aliphatic carbocycles. The second kappa shape index (κ2) is 6.17. The summed E-state index contributed by atoms with van der Waals surface area (Å²) >= 11 is 1.76. The molecule has 1 rings (SSSR count). The fourth-order valence-corrected chi connectivity index (χ4v) is 2.29. The summed E-state index contributed by atoms with van der Waals surface area (Å²) in [5.74, 6) is 0. The van der Waals surface area contributed by atoms with Gasteiger partial charge in [-0.1, -0.05) is 0 Å². The van der Waals surface area contributed by atoms with E-state index in [1.54, 1.807) is 18.4 Å². The molecule has 1 aromatic heterocycles. The molecule has 3 heteroatoms. The third-order valence-corrected chi connectivity index (χ3v) is 2.84. The summed E-state index contributed by atoms with van der Waals surface area (Å²) in [6.45, 7) is 5.13. The predicted octanol–water partition coefficient (Wildman–Crippen LogP) is 2.30. The fraction of sp³-hybridized carbons (Fsp3) is 0.636. The van der Waals surface area contributed by atoms with Crippen LogP contribution in [0.25, 0.3) is 0 Å². The Morgan fingerprint density at radius 1 is 1.43 bits per heavy atom. The van der Waals surface area contributed by atoms with Crippen molar-refractivity contribution in [2.24, 2.45) is 0 Å². The van der Waals surface area contributed by atoms with Crippen LogP contribution in [0, 0.1) is 0 Å². The molecule has 0 spiro atoms. The van der Waals surface area contributed by atoms with Crippen LogP contribution in [0.3, 0.4) is 0 Å². The van der Waals surface area contributed by atoms with Crippen molar-refractivity contribution in [2.75, 3.05) is 13.7 Å². The maximum absolute atomic E-state index is 5.08. The first-order valence-electron chi connectivity index (χ1n) is 4.98. The van der Waals surface area contributed by atoms with Crippen LogP contribution in [0.4, 0.5) is 0 Å². The highest BCUT2D eigenvalue weighted by Gasteiger charge is 2.07. The van der Waals surface area contributed by atoms with Crippen molar-refractivity contribution in [2.45, 2.75) is 32.4 Å². The maximum atomic E-state index is 5.08. The van der Waals surface area contributed by atoms with Crippen LogP contribution >= 0.6 is 11.3 Å². The minimum absolute atomic E-state index is 0.425. The SMILES string of the molecule is COCC(C)NC(C)Cc1ccsc1. The van der Waals surface area contributed by atoms with Gasteiger partial charge in [0.1, 0.15) is 0 Å². The lowest BCUT2D eigenvalue weighted by molar-refractivity contribution is 0.167. The zero-order chi connectivity index (χ0) is 10.4. The molecule has 0 saturated heterocycles. The number of hydrogen-bond acceptors (Lipinski definition) is 3. The lowest BCUT2D eigenvalue weighted by Crippen LogP contribution is -2.38. The highest BCUT2D eigenvalue weighted by Crippen LogP contribution is 2.08. The summed E-state index contributed by atoms with van der Waals surface area (Å²) in [5, 5.41) is 7.83. The minimum atomic E-state index is 0.425. The summed E-state index contributed by atoms with van der Waals surface area (Å²) < 4.78 is 5.08. The van der Waals surface area contributed by atoms with Gasteiger partial charge in [-0.25, -0.2) is 0 Å². The van der Waals surface area contributed by atoms with E-state index in [9.17, 15) is 0 Å². The van der Waals surface area contributed by atoms with Crippen LogP contribution in [0.15, 0.2) is 16.8 Å². The molecule has 14 heavy (non-hydrogen) atoms. The quantitative estimate of drug-likeness (QED) is 0.783. The van der Waals surface area contributed by atoms with Crippen molar-refractivity contribution in [3.8, 4) is 0 Å². The largest absolute Gasteiger partial charge is 0.383 e. The van der Waals surface area contributed by atoms with Crippen molar-refractivity contribution in [1.29, 1.82) is 0 Å². The Morgan fingerprint density at radius 2 is 2.21 bits per heavy atom. The Morgan fingerprint density at radius 3 is 2.79 bits per heavy atom. The van der Waals surface area contributed by atoms with Crippen molar-refractivity contribution >= 4 is 11.3 Å². The Hall–Kier alpha value is -0.380. The molecule has 2 unspecified atom stereocenters. The molecule has 2 nitrogen and oxygen atoms in total. The summed E-state index contributed by atoms with van der Waals surface area (Å²) in [4.78, 5) is 0. The van der Waals surface area contributed by atoms with E-state index in [0.717, 1.165) is 13.0 Å². The average Bonchev–Trinajstić information content (AvgIpc) is 2.56. The molecule has 1 heterocycles. The van der Waals surface area contributed by atoms with Gasteiger partial charge in [-0.05, 0) is 42.7 Å². The van der Waals surface area contributed by atoms with Gasteiger partial charge in [-0.3, -0.25) is 0 Å². The van der Waals surface area contributed by atoms with Crippen molar-refractivity contribution in [3.63, 3.8) is 0 Å². The van der Waals surface area contributed by atoms with Gasteiger partial charge in [-0.2, -0.15) is 11.3 Å². The topological polar surface area (TPSA) is 21.3 Å². The molecule has 0 amide bonds. The number of methoxy groups -OCH3 is 1. The molecule has 0 saturated carbocycles. The van der Waals surface area contributed by atoms with E-state index >= 15 is 0 Å². The zero-order valence-corrected chi connectivity index (χ0v) is 9.93. The van der Waals surface area contributed by atoms with Gasteiger partial charge in [-0.15, -0.1) is 0 Å². The molecule has 0 radical (unpaired) electrons. The van der Waals surface area contributed by atoms with E-state index in [-0.39, 0.29) is 0 Å². The fourth-order valence-electron chi connectivity index (χ4n) is 1.61. The lowest BCUT2D eigenvalue weighted by Gasteiger charge is -2.18. The van der Waals surface area contributed by atoms with Gasteiger partial charge in [0.05, 0.1) is 6.61 Å². The maximum Gasteiger partial charge on any atom is 0.0613 e. The van der Waals surface area contributed by atoms with Crippen LogP contribution < -0.4 is 5.32 Å². The molecular weight excluding hydrogens is 194 g/mol. The summed E-state index contributed by atoms with van der Waals surface area (Å²) in [5.41, 5.74) is 1.42. The second-order valence-electron chi connectivity index (χ2n) is 3.76. The van der Waals surface area contributed by atoms with Crippen LogP contribution in [0.2, 0.25) is 0 Å². The van der Waals surface area contributed by atoms with Gasteiger partial charge in [0.2, 0.25) is 0 Å². The number of nitrogens with one attached hydrogen (secondary N) is 1. The zero-order valence-electron chi connectivity index (χ0n) is 9.12. The van der Waals surface area contributed by atoms with E-state index < -0.39 is 0 Å². The van der Waals surface area contributed by atoms with Gasteiger partial charge in [0, 0.05) is 19.2 Å². The van der Waals surface area contributed by atoms with Crippen LogP contribution in [0.5, 0.6) is 0 Å². The normalized spacial score (nSPS) is 15.4. The van der Waals surface area contributed by atoms with Crippen molar-refractivity contribution in [3.05, 3.63) is 22.4 Å². The lowest BCUT2D eigenvalue weighted by atomic mass is 10.1. The Labute approximate surface area is 90.3 Å². The van der Waals surface area contributed by atoms with Crippen molar-refractivity contribution < 1.29 is 4.74 Å². The predicted molar refractivity (Wildman–Crippen MR) is 62.0 cm³/mol. The van der Waals surface area contributed by atoms with Crippen LogP contribution in [0.1, 0.15) is 19.4 Å². The highest BCUT2D eigenvalue weighted by molar-refractivity contribution is 7.07. The minimum Gasteiger partial charge on any atom is -0.383 e. The smallest absolute Gasteiger partial charge is 0.0613 e. The van der Waals surface area contributed by atoms with E-state index in [0.29, 0.717) is 12.1 Å². The summed E-state index contributed by atoms with van der Waals surface area (Å²) in [6, 6.07) is 3.12. The van der Waals surface area contributed by atoms with Crippen LogP contribution in [-0.2, 0) is 11.2 Å². The standard InChI is InChI=1S/C11H19NOS/c1-9(12-10(2)7-13-3)6-11-4-5-14-8-11/h4-5,8-10,12H,6-7H2,1-3H3. The second-order valence-corrected chi connectivity index (χ2v) is 4.54. The monoisotopic (exact) mass is 213 g/mol. The Bertz CT molecular complexity index is 235.